The minimum absolute atomic E-state index is 0.886. The van der Waals surface area contributed by atoms with E-state index in [4.69, 9.17) is 4.42 Å². The van der Waals surface area contributed by atoms with E-state index in [1.54, 1.807) is 0 Å². The number of benzene rings is 13. The van der Waals surface area contributed by atoms with Crippen molar-refractivity contribution in [2.75, 3.05) is 9.80 Å². The molecule has 1 aromatic heterocycles. The summed E-state index contributed by atoms with van der Waals surface area (Å²) >= 11 is 0. The first kappa shape index (κ1) is 45.4. The Morgan fingerprint density at radius 3 is 1.13 bits per heavy atom. The molecule has 0 aliphatic carbocycles. The summed E-state index contributed by atoms with van der Waals surface area (Å²) in [6.45, 7) is 0. The van der Waals surface area contributed by atoms with Crippen LogP contribution in [0.3, 0.4) is 0 Å². The molecular formula is C74H50N2O. The van der Waals surface area contributed by atoms with Crippen LogP contribution in [0.4, 0.5) is 34.1 Å². The summed E-state index contributed by atoms with van der Waals surface area (Å²) < 4.78 is 6.61. The Morgan fingerprint density at radius 1 is 0.195 bits per heavy atom. The highest BCUT2D eigenvalue weighted by molar-refractivity contribution is 6.15. The van der Waals surface area contributed by atoms with Gasteiger partial charge in [-0.15, -0.1) is 0 Å². The molecule has 0 aliphatic rings. The van der Waals surface area contributed by atoms with Crippen LogP contribution in [-0.4, -0.2) is 0 Å². The Bertz CT molecular complexity index is 4450. The molecule has 362 valence electrons. The molecule has 0 bridgehead atoms. The standard InChI is InChI=1S/C74H50N2O/c1-4-16-51(17-5-1)56-23-12-27-65(45-56)75(64-39-34-54(35-40-64)63-38-42-71-72-43-37-55-22-10-11-31-70(55)74(72)77-73(71)50-63)66-28-14-25-58(47-66)59-26-15-30-68(48-59)76(67-29-13-24-57(46-67)52-18-6-2-7-19-52)69-41-36-61-44-60(32-33-62(61)49-69)53-20-8-3-9-21-53/h1-50H. The van der Waals surface area contributed by atoms with E-state index in [1.165, 1.54) is 38.4 Å². The summed E-state index contributed by atoms with van der Waals surface area (Å²) in [6, 6.07) is 109. The van der Waals surface area contributed by atoms with Crippen molar-refractivity contribution in [1.82, 2.24) is 0 Å². The zero-order chi connectivity index (χ0) is 51.1. The van der Waals surface area contributed by atoms with Gasteiger partial charge in [-0.1, -0.05) is 206 Å². The smallest absolute Gasteiger partial charge is 0.143 e. The lowest BCUT2D eigenvalue weighted by molar-refractivity contribution is 0.673. The third-order valence-corrected chi connectivity index (χ3v) is 15.0. The topological polar surface area (TPSA) is 19.6 Å². The molecular weight excluding hydrogens is 933 g/mol. The molecule has 0 N–H and O–H groups in total. The average Bonchev–Trinajstić information content (AvgIpc) is 3.94. The van der Waals surface area contributed by atoms with E-state index < -0.39 is 0 Å². The van der Waals surface area contributed by atoms with Crippen LogP contribution in [0, 0.1) is 0 Å². The van der Waals surface area contributed by atoms with Gasteiger partial charge in [0.15, 0.2) is 0 Å². The van der Waals surface area contributed by atoms with Crippen LogP contribution in [0.5, 0.6) is 0 Å². The Morgan fingerprint density at radius 2 is 0.558 bits per heavy atom. The predicted octanol–water partition coefficient (Wildman–Crippen LogP) is 21.2. The van der Waals surface area contributed by atoms with Crippen LogP contribution in [0.2, 0.25) is 0 Å². The summed E-state index contributed by atoms with van der Waals surface area (Å²) in [5.74, 6) is 0. The molecule has 0 aliphatic heterocycles. The van der Waals surface area contributed by atoms with Crippen molar-refractivity contribution in [2.24, 2.45) is 0 Å². The summed E-state index contributed by atoms with van der Waals surface area (Å²) in [6.07, 6.45) is 0. The minimum atomic E-state index is 0.886. The van der Waals surface area contributed by atoms with E-state index in [0.29, 0.717) is 0 Å². The van der Waals surface area contributed by atoms with E-state index >= 15 is 0 Å². The number of furan rings is 1. The third kappa shape index (κ3) is 8.76. The number of rotatable bonds is 11. The first-order valence-corrected chi connectivity index (χ1v) is 26.3. The maximum atomic E-state index is 6.61. The molecule has 3 nitrogen and oxygen atoms in total. The van der Waals surface area contributed by atoms with Crippen LogP contribution < -0.4 is 9.80 Å². The fraction of sp³-hybridized carbons (Fsp3) is 0. The Labute approximate surface area is 448 Å². The second kappa shape index (κ2) is 19.6. The molecule has 14 aromatic rings. The second-order valence-electron chi connectivity index (χ2n) is 19.7. The van der Waals surface area contributed by atoms with E-state index in [-0.39, 0.29) is 0 Å². The molecule has 0 unspecified atom stereocenters. The van der Waals surface area contributed by atoms with Crippen LogP contribution >= 0.6 is 0 Å². The monoisotopic (exact) mass is 982 g/mol. The third-order valence-electron chi connectivity index (χ3n) is 15.0. The average molecular weight is 983 g/mol. The van der Waals surface area contributed by atoms with Crippen molar-refractivity contribution in [3.8, 4) is 55.6 Å². The maximum Gasteiger partial charge on any atom is 0.143 e. The lowest BCUT2D eigenvalue weighted by Crippen LogP contribution is -2.10. The molecule has 3 heteroatoms. The molecule has 14 rings (SSSR count). The summed E-state index contributed by atoms with van der Waals surface area (Å²) in [7, 11) is 0. The number of hydrogen-bond donors (Lipinski definition) is 0. The first-order chi connectivity index (χ1) is 38.1. The normalized spacial score (nSPS) is 11.4. The van der Waals surface area contributed by atoms with Gasteiger partial charge in [-0.25, -0.2) is 0 Å². The molecule has 0 amide bonds. The molecule has 0 saturated heterocycles. The Hall–Kier alpha value is -10.2. The highest BCUT2D eigenvalue weighted by Gasteiger charge is 2.19. The largest absolute Gasteiger partial charge is 0.455 e. The van der Waals surface area contributed by atoms with Gasteiger partial charge in [0, 0.05) is 50.3 Å². The summed E-state index contributed by atoms with van der Waals surface area (Å²) in [5, 5.41) is 6.95. The van der Waals surface area contributed by atoms with Crippen LogP contribution in [-0.2, 0) is 0 Å². The highest BCUT2D eigenvalue weighted by Crippen LogP contribution is 2.43. The van der Waals surface area contributed by atoms with Gasteiger partial charge in [0.1, 0.15) is 11.2 Å². The van der Waals surface area contributed by atoms with Gasteiger partial charge in [0.25, 0.3) is 0 Å². The van der Waals surface area contributed by atoms with Gasteiger partial charge in [0.2, 0.25) is 0 Å². The van der Waals surface area contributed by atoms with Crippen LogP contribution in [0.25, 0.3) is 99.1 Å². The van der Waals surface area contributed by atoms with Gasteiger partial charge in [-0.2, -0.15) is 0 Å². The maximum absolute atomic E-state index is 6.61. The molecule has 1 heterocycles. The Kier molecular flexibility index (Phi) is 11.5. The minimum Gasteiger partial charge on any atom is -0.455 e. The zero-order valence-corrected chi connectivity index (χ0v) is 42.2. The van der Waals surface area contributed by atoms with Gasteiger partial charge in [0.05, 0.1) is 0 Å². The fourth-order valence-corrected chi connectivity index (χ4v) is 11.1. The number of anilines is 6. The first-order valence-electron chi connectivity index (χ1n) is 26.3. The summed E-state index contributed by atoms with van der Waals surface area (Å²) in [4.78, 5) is 4.76. The van der Waals surface area contributed by atoms with E-state index in [1.807, 2.05) is 0 Å². The highest BCUT2D eigenvalue weighted by atomic mass is 16.3. The van der Waals surface area contributed by atoms with Crippen molar-refractivity contribution in [1.29, 1.82) is 0 Å². The van der Waals surface area contributed by atoms with E-state index in [0.717, 1.165) is 94.8 Å². The number of fused-ring (bicyclic) bond motifs is 6. The van der Waals surface area contributed by atoms with Crippen molar-refractivity contribution < 1.29 is 4.42 Å². The van der Waals surface area contributed by atoms with Crippen molar-refractivity contribution >= 4 is 77.6 Å². The molecule has 77 heavy (non-hydrogen) atoms. The zero-order valence-electron chi connectivity index (χ0n) is 42.2. The predicted molar refractivity (Wildman–Crippen MR) is 325 cm³/mol. The second-order valence-corrected chi connectivity index (χ2v) is 19.7. The van der Waals surface area contributed by atoms with Gasteiger partial charge in [-0.05, 0) is 169 Å². The number of nitrogens with zero attached hydrogens (tertiary/aromatic N) is 2. The summed E-state index contributed by atoms with van der Waals surface area (Å²) in [5.41, 5.74) is 19.8. The fourth-order valence-electron chi connectivity index (χ4n) is 11.1. The van der Waals surface area contributed by atoms with Crippen LogP contribution in [0.1, 0.15) is 0 Å². The van der Waals surface area contributed by atoms with Crippen molar-refractivity contribution in [2.45, 2.75) is 0 Å². The van der Waals surface area contributed by atoms with Crippen molar-refractivity contribution in [3.63, 3.8) is 0 Å². The van der Waals surface area contributed by atoms with E-state index in [2.05, 4.69) is 313 Å². The quantitative estimate of drug-likeness (QED) is 0.129. The molecule has 0 atom stereocenters. The van der Waals surface area contributed by atoms with Crippen LogP contribution in [0.15, 0.2) is 308 Å². The SMILES string of the molecule is c1ccc(-c2cccc(N(c3ccc(-c4ccc5c(c4)oc4c6ccccc6ccc54)cc3)c3cccc(-c4cccc(N(c5cccc(-c6ccccc6)c5)c5ccc6cc(-c7ccccc7)ccc6c5)c4)c3)c2)cc1. The number of hydrogen-bond acceptors (Lipinski definition) is 3. The van der Waals surface area contributed by atoms with Gasteiger partial charge >= 0.3 is 0 Å². The molecule has 0 radical (unpaired) electrons. The molecule has 0 spiro atoms. The van der Waals surface area contributed by atoms with E-state index in [9.17, 15) is 0 Å². The molecule has 0 fully saturated rings. The molecule has 0 saturated carbocycles. The lowest BCUT2D eigenvalue weighted by atomic mass is 9.99. The van der Waals surface area contributed by atoms with Gasteiger partial charge in [-0.3, -0.25) is 0 Å². The Balaban J connectivity index is 0.850. The van der Waals surface area contributed by atoms with Gasteiger partial charge < -0.3 is 14.2 Å². The molecule has 13 aromatic carbocycles. The van der Waals surface area contributed by atoms with Crippen molar-refractivity contribution in [3.05, 3.63) is 303 Å². The lowest BCUT2D eigenvalue weighted by Gasteiger charge is -2.28.